The molecule has 0 aliphatic carbocycles. The van der Waals surface area contributed by atoms with Crippen molar-refractivity contribution < 1.29 is 18.0 Å². The third kappa shape index (κ3) is 5.85. The van der Waals surface area contributed by atoms with Crippen LogP contribution in [0.3, 0.4) is 0 Å². The molecule has 158 valence electrons. The molecule has 3 aromatic rings. The lowest BCUT2D eigenvalue weighted by Crippen LogP contribution is -2.26. The highest BCUT2D eigenvalue weighted by Crippen LogP contribution is 2.33. The maximum Gasteiger partial charge on any atom is 0.390 e. The van der Waals surface area contributed by atoms with Gasteiger partial charge in [0.05, 0.1) is 23.5 Å². The molecule has 0 saturated heterocycles. The summed E-state index contributed by atoms with van der Waals surface area (Å²) in [6, 6.07) is 14.5. The van der Waals surface area contributed by atoms with Crippen molar-refractivity contribution in [3.63, 3.8) is 0 Å². The number of carbonyl (C=O) groups excluding carboxylic acids is 1. The van der Waals surface area contributed by atoms with Crippen molar-refractivity contribution in [2.75, 3.05) is 5.32 Å². The lowest BCUT2D eigenvalue weighted by atomic mass is 9.91. The molecule has 2 unspecified atom stereocenters. The maximum atomic E-state index is 13.1. The Morgan fingerprint density at radius 2 is 1.87 bits per heavy atom. The van der Waals surface area contributed by atoms with E-state index in [1.165, 1.54) is 0 Å². The van der Waals surface area contributed by atoms with E-state index >= 15 is 0 Å². The van der Waals surface area contributed by atoms with Crippen LogP contribution in [-0.2, 0) is 4.79 Å². The molecule has 8 heteroatoms. The highest BCUT2D eigenvalue weighted by molar-refractivity contribution is 14.1. The molecule has 2 atom stereocenters. The van der Waals surface area contributed by atoms with Crippen LogP contribution in [0.1, 0.15) is 29.9 Å². The Labute approximate surface area is 191 Å². The molecular weight excluding hydrogens is 528 g/mol. The summed E-state index contributed by atoms with van der Waals surface area (Å²) in [5.74, 6) is -1.24. The number of rotatable bonds is 6. The zero-order valence-corrected chi connectivity index (χ0v) is 18.9. The zero-order valence-electron chi connectivity index (χ0n) is 16.0. The van der Waals surface area contributed by atoms with Crippen LogP contribution in [0.25, 0.3) is 10.9 Å². The number of pyridine rings is 1. The second-order valence-corrected chi connectivity index (χ2v) is 8.88. The summed E-state index contributed by atoms with van der Waals surface area (Å²) >= 11 is 8.18. The standard InChI is InChI=1S/C22H19ClF3IN2O/c1-13-4-6-14(7-5-13)17(11-15(23)12-22(24,25)26)21(30)29-19-9-8-18(27)16-3-2-10-28-20(16)19/h2-10,15,17H,11-12H2,1H3,(H,29,30). The normalized spacial score (nSPS) is 13.8. The van der Waals surface area contributed by atoms with Crippen LogP contribution in [0.5, 0.6) is 0 Å². The van der Waals surface area contributed by atoms with Crippen LogP contribution in [0.15, 0.2) is 54.7 Å². The number of benzene rings is 2. The molecule has 30 heavy (non-hydrogen) atoms. The first kappa shape index (κ1) is 22.8. The van der Waals surface area contributed by atoms with Crippen molar-refractivity contribution in [1.82, 2.24) is 4.98 Å². The van der Waals surface area contributed by atoms with Gasteiger partial charge in [-0.3, -0.25) is 9.78 Å². The summed E-state index contributed by atoms with van der Waals surface area (Å²) < 4.78 is 39.3. The number of hydrogen-bond acceptors (Lipinski definition) is 2. The number of fused-ring (bicyclic) bond motifs is 1. The summed E-state index contributed by atoms with van der Waals surface area (Å²) in [6.45, 7) is 1.90. The van der Waals surface area contributed by atoms with E-state index in [0.29, 0.717) is 16.8 Å². The summed E-state index contributed by atoms with van der Waals surface area (Å²) in [4.78, 5) is 17.5. The van der Waals surface area contributed by atoms with E-state index < -0.39 is 29.8 Å². The molecule has 1 aromatic heterocycles. The van der Waals surface area contributed by atoms with E-state index in [4.69, 9.17) is 11.6 Å². The van der Waals surface area contributed by atoms with Crippen molar-refractivity contribution >= 4 is 56.7 Å². The molecule has 0 spiro atoms. The van der Waals surface area contributed by atoms with Crippen LogP contribution in [0.4, 0.5) is 18.9 Å². The lowest BCUT2D eigenvalue weighted by molar-refractivity contribution is -0.135. The molecule has 3 rings (SSSR count). The average molecular weight is 547 g/mol. The molecule has 1 heterocycles. The van der Waals surface area contributed by atoms with E-state index in [9.17, 15) is 18.0 Å². The van der Waals surface area contributed by atoms with Gasteiger partial charge in [0.1, 0.15) is 0 Å². The van der Waals surface area contributed by atoms with E-state index in [1.54, 1.807) is 30.5 Å². The first-order chi connectivity index (χ1) is 14.1. The highest BCUT2D eigenvalue weighted by Gasteiger charge is 2.34. The van der Waals surface area contributed by atoms with Gasteiger partial charge in [-0.1, -0.05) is 35.9 Å². The zero-order chi connectivity index (χ0) is 21.9. The number of amides is 1. The predicted molar refractivity (Wildman–Crippen MR) is 122 cm³/mol. The number of anilines is 1. The van der Waals surface area contributed by atoms with Crippen molar-refractivity contribution in [1.29, 1.82) is 0 Å². The average Bonchev–Trinajstić information content (AvgIpc) is 2.68. The Kier molecular flexibility index (Phi) is 7.23. The number of hydrogen-bond donors (Lipinski definition) is 1. The number of carbonyl (C=O) groups is 1. The van der Waals surface area contributed by atoms with Crippen LogP contribution in [0.2, 0.25) is 0 Å². The van der Waals surface area contributed by atoms with Crippen LogP contribution in [0, 0.1) is 10.5 Å². The number of aromatic nitrogens is 1. The number of nitrogens with one attached hydrogen (secondary N) is 1. The summed E-state index contributed by atoms with van der Waals surface area (Å²) in [7, 11) is 0. The molecule has 1 amide bonds. The first-order valence-corrected chi connectivity index (χ1v) is 10.8. The van der Waals surface area contributed by atoms with Gasteiger partial charge in [-0.05, 0) is 59.7 Å². The molecule has 0 radical (unpaired) electrons. The highest BCUT2D eigenvalue weighted by atomic mass is 127. The quantitative estimate of drug-likeness (QED) is 0.272. The summed E-state index contributed by atoms with van der Waals surface area (Å²) in [5.41, 5.74) is 2.74. The lowest BCUT2D eigenvalue weighted by Gasteiger charge is -2.21. The Hall–Kier alpha value is -1.87. The Morgan fingerprint density at radius 3 is 2.53 bits per heavy atom. The first-order valence-electron chi connectivity index (χ1n) is 9.25. The van der Waals surface area contributed by atoms with E-state index in [2.05, 4.69) is 32.9 Å². The van der Waals surface area contributed by atoms with Gasteiger partial charge in [-0.25, -0.2) is 0 Å². The number of nitrogens with zero attached hydrogens (tertiary/aromatic N) is 1. The fourth-order valence-electron chi connectivity index (χ4n) is 3.24. The molecule has 3 nitrogen and oxygen atoms in total. The molecular formula is C22H19ClF3IN2O. The minimum absolute atomic E-state index is 0.133. The van der Waals surface area contributed by atoms with Crippen molar-refractivity contribution in [3.8, 4) is 0 Å². The van der Waals surface area contributed by atoms with Crippen molar-refractivity contribution in [3.05, 3.63) is 69.4 Å². The van der Waals surface area contributed by atoms with Gasteiger partial charge >= 0.3 is 6.18 Å². The van der Waals surface area contributed by atoms with Gasteiger partial charge in [0, 0.05) is 20.5 Å². The minimum atomic E-state index is -4.39. The molecule has 0 aliphatic heterocycles. The van der Waals surface area contributed by atoms with Gasteiger partial charge in [0.2, 0.25) is 5.91 Å². The van der Waals surface area contributed by atoms with Gasteiger partial charge < -0.3 is 5.32 Å². The second kappa shape index (κ2) is 9.51. The predicted octanol–water partition coefficient (Wildman–Crippen LogP) is 6.82. The van der Waals surface area contributed by atoms with Crippen molar-refractivity contribution in [2.45, 2.75) is 37.2 Å². The number of halogens is 5. The molecule has 0 fully saturated rings. The van der Waals surface area contributed by atoms with E-state index in [0.717, 1.165) is 14.5 Å². The van der Waals surface area contributed by atoms with E-state index in [-0.39, 0.29) is 6.42 Å². The Bertz CT molecular complexity index is 1040. The second-order valence-electron chi connectivity index (χ2n) is 7.10. The molecule has 0 bridgehead atoms. The molecule has 2 aromatic carbocycles. The summed E-state index contributed by atoms with van der Waals surface area (Å²) in [6.07, 6.45) is -4.05. The van der Waals surface area contributed by atoms with Gasteiger partial charge in [-0.15, -0.1) is 11.6 Å². The summed E-state index contributed by atoms with van der Waals surface area (Å²) in [5, 5.41) is 2.52. The van der Waals surface area contributed by atoms with Gasteiger partial charge in [0.15, 0.2) is 0 Å². The molecule has 0 saturated carbocycles. The van der Waals surface area contributed by atoms with Crippen LogP contribution >= 0.6 is 34.2 Å². The fraction of sp³-hybridized carbons (Fsp3) is 0.273. The third-order valence-corrected chi connectivity index (χ3v) is 5.99. The maximum absolute atomic E-state index is 13.1. The fourth-order valence-corrected chi connectivity index (χ4v) is 4.21. The van der Waals surface area contributed by atoms with Crippen molar-refractivity contribution in [2.24, 2.45) is 0 Å². The smallest absolute Gasteiger partial charge is 0.324 e. The Morgan fingerprint density at radius 1 is 1.17 bits per heavy atom. The molecule has 1 N–H and O–H groups in total. The van der Waals surface area contributed by atoms with E-state index in [1.807, 2.05) is 31.2 Å². The largest absolute Gasteiger partial charge is 0.390 e. The molecule has 0 aliphatic rings. The number of alkyl halides is 4. The monoisotopic (exact) mass is 546 g/mol. The topological polar surface area (TPSA) is 42.0 Å². The van der Waals surface area contributed by atoms with Gasteiger partial charge in [0.25, 0.3) is 0 Å². The van der Waals surface area contributed by atoms with Gasteiger partial charge in [-0.2, -0.15) is 13.2 Å². The SMILES string of the molecule is Cc1ccc(C(CC(Cl)CC(F)(F)F)C(=O)Nc2ccc(I)c3cccnc23)cc1. The third-order valence-electron chi connectivity index (χ3n) is 4.71. The van der Waals surface area contributed by atoms with Crippen LogP contribution in [-0.4, -0.2) is 22.4 Å². The van der Waals surface area contributed by atoms with Crippen LogP contribution < -0.4 is 5.32 Å². The Balaban J connectivity index is 1.90. The minimum Gasteiger partial charge on any atom is -0.324 e. The number of aryl methyl sites for hydroxylation is 1.